The third-order valence-electron chi connectivity index (χ3n) is 2.62. The molecular weight excluding hydrogens is 240 g/mol. The summed E-state index contributed by atoms with van der Waals surface area (Å²) in [6.45, 7) is 5.01. The van der Waals surface area contributed by atoms with Crippen LogP contribution in [0.15, 0.2) is 6.20 Å². The largest absolute Gasteiger partial charge is 0.281 e. The highest BCUT2D eigenvalue weighted by Gasteiger charge is 2.21. The quantitative estimate of drug-likeness (QED) is 0.772. The first-order chi connectivity index (χ1) is 7.78. The molecule has 1 rings (SSSR count). The van der Waals surface area contributed by atoms with E-state index in [9.17, 15) is 8.42 Å². The Morgan fingerprint density at radius 1 is 1.35 bits per heavy atom. The van der Waals surface area contributed by atoms with Gasteiger partial charge in [-0.2, -0.15) is 22.1 Å². The molecule has 0 fully saturated rings. The molecule has 1 aromatic heterocycles. The predicted octanol–water partition coefficient (Wildman–Crippen LogP) is 0.450. The third-order valence-corrected chi connectivity index (χ3v) is 4.46. The van der Waals surface area contributed by atoms with Crippen LogP contribution in [0.3, 0.4) is 0 Å². The van der Waals surface area contributed by atoms with Crippen molar-refractivity contribution < 1.29 is 8.42 Å². The van der Waals surface area contributed by atoms with E-state index in [1.165, 1.54) is 22.7 Å². The smallest absolute Gasteiger partial charge is 0.272 e. The minimum absolute atomic E-state index is 0.340. The van der Waals surface area contributed by atoms with E-state index in [4.69, 9.17) is 0 Å². The second-order valence-electron chi connectivity index (χ2n) is 4.14. The van der Waals surface area contributed by atoms with Gasteiger partial charge in [0.05, 0.1) is 5.69 Å². The Bertz CT molecular complexity index is 478. The molecule has 6 nitrogen and oxygen atoms in total. The number of rotatable bonds is 5. The summed E-state index contributed by atoms with van der Waals surface area (Å²) in [5, 5.41) is 4.29. The summed E-state index contributed by atoms with van der Waals surface area (Å²) < 4.78 is 28.0. The van der Waals surface area contributed by atoms with Crippen molar-refractivity contribution in [2.45, 2.75) is 26.9 Å². The lowest BCUT2D eigenvalue weighted by molar-refractivity contribution is 0.414. The van der Waals surface area contributed by atoms with Crippen LogP contribution >= 0.6 is 0 Å². The summed E-state index contributed by atoms with van der Waals surface area (Å²) in [5.41, 5.74) is 1.80. The molecule has 0 saturated heterocycles. The molecule has 1 aromatic rings. The molecule has 1 heterocycles. The van der Waals surface area contributed by atoms with Crippen molar-refractivity contribution in [3.63, 3.8) is 0 Å². The second kappa shape index (κ2) is 5.16. The van der Waals surface area contributed by atoms with Crippen LogP contribution in [0.1, 0.15) is 18.2 Å². The van der Waals surface area contributed by atoms with Gasteiger partial charge >= 0.3 is 0 Å². The molecule has 0 bridgehead atoms. The van der Waals surface area contributed by atoms with Crippen molar-refractivity contribution in [3.05, 3.63) is 17.5 Å². The van der Waals surface area contributed by atoms with Gasteiger partial charge in [0.2, 0.25) is 0 Å². The highest BCUT2D eigenvalue weighted by Crippen LogP contribution is 2.12. The van der Waals surface area contributed by atoms with Gasteiger partial charge in [-0.3, -0.25) is 4.68 Å². The van der Waals surface area contributed by atoms with E-state index in [1.807, 2.05) is 20.0 Å². The first-order valence-corrected chi connectivity index (χ1v) is 6.85. The lowest BCUT2D eigenvalue weighted by Crippen LogP contribution is -2.36. The first-order valence-electron chi connectivity index (χ1n) is 5.45. The SMILES string of the molecule is CCn1cc(CN(C)S(=O)(=O)N(C)C)c(C)n1. The standard InChI is InChI=1S/C10H20N4O2S/c1-6-14-8-10(9(2)11-14)7-13(5)17(15,16)12(3)4/h8H,6-7H2,1-5H3. The van der Waals surface area contributed by atoms with E-state index in [-0.39, 0.29) is 0 Å². The number of hydrogen-bond acceptors (Lipinski definition) is 3. The fraction of sp³-hybridized carbons (Fsp3) is 0.700. The number of nitrogens with zero attached hydrogens (tertiary/aromatic N) is 4. The monoisotopic (exact) mass is 260 g/mol. The van der Waals surface area contributed by atoms with E-state index in [2.05, 4.69) is 5.10 Å². The molecule has 0 aliphatic rings. The summed E-state index contributed by atoms with van der Waals surface area (Å²) in [4.78, 5) is 0. The molecule has 0 radical (unpaired) electrons. The zero-order chi connectivity index (χ0) is 13.2. The van der Waals surface area contributed by atoms with E-state index in [0.29, 0.717) is 6.54 Å². The molecule has 0 atom stereocenters. The van der Waals surface area contributed by atoms with E-state index >= 15 is 0 Å². The van der Waals surface area contributed by atoms with Crippen LogP contribution < -0.4 is 0 Å². The van der Waals surface area contributed by atoms with Gasteiger partial charge < -0.3 is 0 Å². The fourth-order valence-corrected chi connectivity index (χ4v) is 2.34. The van der Waals surface area contributed by atoms with Gasteiger partial charge in [0.25, 0.3) is 10.2 Å². The maximum Gasteiger partial charge on any atom is 0.281 e. The molecule has 17 heavy (non-hydrogen) atoms. The van der Waals surface area contributed by atoms with Crippen LogP contribution in [0.4, 0.5) is 0 Å². The molecule has 98 valence electrons. The summed E-state index contributed by atoms with van der Waals surface area (Å²) in [6.07, 6.45) is 1.89. The Hall–Kier alpha value is -0.920. The summed E-state index contributed by atoms with van der Waals surface area (Å²) in [5.74, 6) is 0. The van der Waals surface area contributed by atoms with Crippen molar-refractivity contribution in [1.29, 1.82) is 0 Å². The molecule has 0 aliphatic heterocycles. The zero-order valence-electron chi connectivity index (χ0n) is 11.0. The third kappa shape index (κ3) is 3.05. The molecule has 0 aromatic carbocycles. The normalized spacial score (nSPS) is 12.6. The Morgan fingerprint density at radius 3 is 2.35 bits per heavy atom. The summed E-state index contributed by atoms with van der Waals surface area (Å²) in [6, 6.07) is 0. The van der Waals surface area contributed by atoms with Crippen LogP contribution in [0.25, 0.3) is 0 Å². The fourth-order valence-electron chi connectivity index (χ4n) is 1.48. The van der Waals surface area contributed by atoms with Crippen LogP contribution in [0, 0.1) is 6.92 Å². The zero-order valence-corrected chi connectivity index (χ0v) is 11.8. The topological polar surface area (TPSA) is 58.4 Å². The average molecular weight is 260 g/mol. The molecule has 7 heteroatoms. The minimum atomic E-state index is -3.36. The number of hydrogen-bond donors (Lipinski definition) is 0. The van der Waals surface area contributed by atoms with Crippen LogP contribution in [-0.4, -0.2) is 48.0 Å². The Labute approximate surface area is 103 Å². The molecule has 0 spiro atoms. The van der Waals surface area contributed by atoms with Crippen molar-refractivity contribution in [3.8, 4) is 0 Å². The van der Waals surface area contributed by atoms with Gasteiger partial charge in [-0.15, -0.1) is 0 Å². The predicted molar refractivity (Wildman–Crippen MR) is 66.7 cm³/mol. The molecule has 0 unspecified atom stereocenters. The van der Waals surface area contributed by atoms with E-state index in [1.54, 1.807) is 11.7 Å². The van der Waals surface area contributed by atoms with Crippen molar-refractivity contribution in [1.82, 2.24) is 18.4 Å². The highest BCUT2D eigenvalue weighted by atomic mass is 32.2. The Balaban J connectivity index is 2.88. The lowest BCUT2D eigenvalue weighted by atomic mass is 10.3. The minimum Gasteiger partial charge on any atom is -0.272 e. The molecule has 0 aliphatic carbocycles. The highest BCUT2D eigenvalue weighted by molar-refractivity contribution is 7.86. The van der Waals surface area contributed by atoms with E-state index in [0.717, 1.165) is 17.8 Å². The first kappa shape index (κ1) is 14.1. The van der Waals surface area contributed by atoms with Gasteiger partial charge in [0, 0.05) is 46.0 Å². The number of aryl methyl sites for hydroxylation is 2. The summed E-state index contributed by atoms with van der Waals surface area (Å²) in [7, 11) is 1.25. The summed E-state index contributed by atoms with van der Waals surface area (Å²) >= 11 is 0. The van der Waals surface area contributed by atoms with Gasteiger partial charge in [-0.25, -0.2) is 0 Å². The second-order valence-corrected chi connectivity index (χ2v) is 6.39. The van der Waals surface area contributed by atoms with E-state index < -0.39 is 10.2 Å². The van der Waals surface area contributed by atoms with Gasteiger partial charge in [-0.05, 0) is 13.8 Å². The Kier molecular flexibility index (Phi) is 4.29. The molecule has 0 N–H and O–H groups in total. The van der Waals surface area contributed by atoms with Gasteiger partial charge in [0.15, 0.2) is 0 Å². The average Bonchev–Trinajstić information content (AvgIpc) is 2.59. The molecule has 0 saturated carbocycles. The van der Waals surface area contributed by atoms with Crippen molar-refractivity contribution in [2.75, 3.05) is 21.1 Å². The van der Waals surface area contributed by atoms with Crippen molar-refractivity contribution >= 4 is 10.2 Å². The van der Waals surface area contributed by atoms with Gasteiger partial charge in [-0.1, -0.05) is 0 Å². The molecule has 0 amide bonds. The lowest BCUT2D eigenvalue weighted by Gasteiger charge is -2.20. The van der Waals surface area contributed by atoms with Crippen LogP contribution in [0.2, 0.25) is 0 Å². The van der Waals surface area contributed by atoms with Crippen LogP contribution in [0.5, 0.6) is 0 Å². The van der Waals surface area contributed by atoms with Gasteiger partial charge in [0.1, 0.15) is 0 Å². The maximum absolute atomic E-state index is 11.8. The van der Waals surface area contributed by atoms with Crippen LogP contribution in [-0.2, 0) is 23.3 Å². The van der Waals surface area contributed by atoms with Crippen molar-refractivity contribution in [2.24, 2.45) is 0 Å². The Morgan fingerprint density at radius 2 is 1.94 bits per heavy atom. The molecular formula is C10H20N4O2S. The number of aromatic nitrogens is 2. The maximum atomic E-state index is 11.8.